The second-order valence-electron chi connectivity index (χ2n) is 7.06. The molecule has 0 bridgehead atoms. The molecule has 3 unspecified atom stereocenters. The summed E-state index contributed by atoms with van der Waals surface area (Å²) < 4.78 is 0. The highest BCUT2D eigenvalue weighted by molar-refractivity contribution is 4.97. The van der Waals surface area contributed by atoms with Gasteiger partial charge in [0, 0.05) is 18.6 Å². The van der Waals surface area contributed by atoms with Gasteiger partial charge in [0.05, 0.1) is 0 Å². The summed E-state index contributed by atoms with van der Waals surface area (Å²) >= 11 is 0. The number of hydrogen-bond acceptors (Lipinski definition) is 2. The van der Waals surface area contributed by atoms with Crippen LogP contribution >= 0.6 is 0 Å². The van der Waals surface area contributed by atoms with Crippen molar-refractivity contribution in [3.63, 3.8) is 0 Å². The van der Waals surface area contributed by atoms with Crippen molar-refractivity contribution in [3.8, 4) is 0 Å². The maximum atomic E-state index is 3.83. The van der Waals surface area contributed by atoms with Crippen molar-refractivity contribution >= 4 is 0 Å². The van der Waals surface area contributed by atoms with E-state index in [1.165, 1.54) is 45.3 Å². The molecular formula is C17H36N2. The molecule has 19 heavy (non-hydrogen) atoms. The number of nitrogens with zero attached hydrogens (tertiary/aromatic N) is 1. The van der Waals surface area contributed by atoms with Crippen molar-refractivity contribution in [1.29, 1.82) is 0 Å². The molecule has 0 aromatic rings. The lowest BCUT2D eigenvalue weighted by Gasteiger charge is -2.36. The van der Waals surface area contributed by atoms with Crippen LogP contribution in [-0.4, -0.2) is 36.6 Å². The summed E-state index contributed by atoms with van der Waals surface area (Å²) in [5, 5.41) is 3.83. The molecule has 2 heteroatoms. The van der Waals surface area contributed by atoms with Gasteiger partial charge in [0.25, 0.3) is 0 Å². The quantitative estimate of drug-likeness (QED) is 0.718. The standard InChI is InChI=1S/C17H36N2/c1-7-12-18-16-15(10-11-17(16,5)6)13-19(9-3)14(4)8-2/h14-16,18H,7-13H2,1-6H3. The first kappa shape index (κ1) is 17.0. The molecule has 0 saturated heterocycles. The number of hydrogen-bond donors (Lipinski definition) is 1. The minimum atomic E-state index is 0.467. The Bertz CT molecular complexity index is 250. The second kappa shape index (κ2) is 7.64. The van der Waals surface area contributed by atoms with Gasteiger partial charge in [0.2, 0.25) is 0 Å². The van der Waals surface area contributed by atoms with E-state index in [1.54, 1.807) is 0 Å². The van der Waals surface area contributed by atoms with Crippen molar-refractivity contribution in [2.45, 2.75) is 79.3 Å². The predicted molar refractivity (Wildman–Crippen MR) is 85.6 cm³/mol. The fraction of sp³-hybridized carbons (Fsp3) is 1.00. The van der Waals surface area contributed by atoms with E-state index in [4.69, 9.17) is 0 Å². The monoisotopic (exact) mass is 268 g/mol. The minimum absolute atomic E-state index is 0.467. The Morgan fingerprint density at radius 2 is 1.95 bits per heavy atom. The van der Waals surface area contributed by atoms with E-state index in [0.29, 0.717) is 11.5 Å². The lowest BCUT2D eigenvalue weighted by Crippen LogP contribution is -2.47. The summed E-state index contributed by atoms with van der Waals surface area (Å²) in [5.74, 6) is 0.829. The highest BCUT2D eigenvalue weighted by Gasteiger charge is 2.41. The largest absolute Gasteiger partial charge is 0.313 e. The molecule has 2 nitrogen and oxygen atoms in total. The van der Waals surface area contributed by atoms with Crippen LogP contribution in [0.25, 0.3) is 0 Å². The van der Waals surface area contributed by atoms with E-state index < -0.39 is 0 Å². The molecule has 0 aliphatic heterocycles. The summed E-state index contributed by atoms with van der Waals surface area (Å²) in [7, 11) is 0. The van der Waals surface area contributed by atoms with Gasteiger partial charge in [-0.3, -0.25) is 0 Å². The highest BCUT2D eigenvalue weighted by Crippen LogP contribution is 2.41. The van der Waals surface area contributed by atoms with E-state index in [1.807, 2.05) is 0 Å². The summed E-state index contributed by atoms with van der Waals surface area (Å²) in [6.45, 7) is 17.8. The molecule has 0 heterocycles. The zero-order chi connectivity index (χ0) is 14.5. The van der Waals surface area contributed by atoms with E-state index >= 15 is 0 Å². The van der Waals surface area contributed by atoms with Gasteiger partial charge in [-0.05, 0) is 57.0 Å². The lowest BCUT2D eigenvalue weighted by molar-refractivity contribution is 0.153. The van der Waals surface area contributed by atoms with Crippen molar-refractivity contribution in [2.24, 2.45) is 11.3 Å². The van der Waals surface area contributed by atoms with Gasteiger partial charge in [-0.25, -0.2) is 0 Å². The molecule has 3 atom stereocenters. The van der Waals surface area contributed by atoms with Crippen molar-refractivity contribution in [3.05, 3.63) is 0 Å². The fourth-order valence-corrected chi connectivity index (χ4v) is 3.64. The smallest absolute Gasteiger partial charge is 0.0159 e. The molecule has 1 saturated carbocycles. The molecular weight excluding hydrogens is 232 g/mol. The third-order valence-corrected chi connectivity index (χ3v) is 5.18. The summed E-state index contributed by atoms with van der Waals surface area (Å²) in [5.41, 5.74) is 0.467. The molecule has 0 spiro atoms. The van der Waals surface area contributed by atoms with Crippen LogP contribution in [0.3, 0.4) is 0 Å². The van der Waals surface area contributed by atoms with Crippen LogP contribution in [-0.2, 0) is 0 Å². The van der Waals surface area contributed by atoms with Crippen LogP contribution in [0.5, 0.6) is 0 Å². The molecule has 1 aliphatic rings. The Kier molecular flexibility index (Phi) is 6.82. The summed E-state index contributed by atoms with van der Waals surface area (Å²) in [6.07, 6.45) is 5.26. The lowest BCUT2D eigenvalue weighted by atomic mass is 9.84. The van der Waals surface area contributed by atoms with Gasteiger partial charge in [0.15, 0.2) is 0 Å². The first-order chi connectivity index (χ1) is 8.96. The normalized spacial score (nSPS) is 27.9. The molecule has 1 rings (SSSR count). The molecule has 1 N–H and O–H groups in total. The Hall–Kier alpha value is -0.0800. The van der Waals surface area contributed by atoms with Gasteiger partial charge in [-0.1, -0.05) is 34.6 Å². The summed E-state index contributed by atoms with van der Waals surface area (Å²) in [4.78, 5) is 2.67. The van der Waals surface area contributed by atoms with E-state index in [0.717, 1.165) is 12.0 Å². The van der Waals surface area contributed by atoms with Crippen LogP contribution in [0.1, 0.15) is 67.2 Å². The Morgan fingerprint density at radius 3 is 2.47 bits per heavy atom. The topological polar surface area (TPSA) is 15.3 Å². The average Bonchev–Trinajstić information content (AvgIpc) is 2.67. The summed E-state index contributed by atoms with van der Waals surface area (Å²) in [6, 6.07) is 1.42. The Labute approximate surface area is 121 Å². The molecule has 0 aromatic heterocycles. The number of nitrogens with one attached hydrogen (secondary N) is 1. The van der Waals surface area contributed by atoms with Crippen LogP contribution in [0.4, 0.5) is 0 Å². The van der Waals surface area contributed by atoms with E-state index in [2.05, 4.69) is 51.8 Å². The first-order valence-electron chi connectivity index (χ1n) is 8.43. The maximum absolute atomic E-state index is 3.83. The number of rotatable bonds is 8. The van der Waals surface area contributed by atoms with Gasteiger partial charge in [0.1, 0.15) is 0 Å². The van der Waals surface area contributed by atoms with Crippen molar-refractivity contribution in [2.75, 3.05) is 19.6 Å². The maximum Gasteiger partial charge on any atom is 0.0159 e. The molecule has 0 radical (unpaired) electrons. The second-order valence-corrected chi connectivity index (χ2v) is 7.06. The van der Waals surface area contributed by atoms with Gasteiger partial charge in [-0.2, -0.15) is 0 Å². The molecule has 1 fully saturated rings. The molecule has 1 aliphatic carbocycles. The average molecular weight is 268 g/mol. The molecule has 0 amide bonds. The molecule has 0 aromatic carbocycles. The minimum Gasteiger partial charge on any atom is -0.313 e. The van der Waals surface area contributed by atoms with Crippen LogP contribution in [0.2, 0.25) is 0 Å². The third kappa shape index (κ3) is 4.46. The van der Waals surface area contributed by atoms with Gasteiger partial charge >= 0.3 is 0 Å². The van der Waals surface area contributed by atoms with Crippen molar-refractivity contribution in [1.82, 2.24) is 10.2 Å². The Balaban J connectivity index is 2.64. The van der Waals surface area contributed by atoms with Gasteiger partial charge in [-0.15, -0.1) is 0 Å². The van der Waals surface area contributed by atoms with E-state index in [-0.39, 0.29) is 0 Å². The van der Waals surface area contributed by atoms with Crippen LogP contribution in [0, 0.1) is 11.3 Å². The fourth-order valence-electron chi connectivity index (χ4n) is 3.64. The highest BCUT2D eigenvalue weighted by atomic mass is 15.2. The first-order valence-corrected chi connectivity index (χ1v) is 8.43. The molecule has 114 valence electrons. The van der Waals surface area contributed by atoms with Crippen LogP contribution < -0.4 is 5.32 Å². The van der Waals surface area contributed by atoms with Gasteiger partial charge < -0.3 is 10.2 Å². The predicted octanol–water partition coefficient (Wildman–Crippen LogP) is 3.91. The SMILES string of the molecule is CCCNC1C(CN(CC)C(C)CC)CCC1(C)C. The third-order valence-electron chi connectivity index (χ3n) is 5.18. The van der Waals surface area contributed by atoms with Crippen molar-refractivity contribution < 1.29 is 0 Å². The van der Waals surface area contributed by atoms with Crippen LogP contribution in [0.15, 0.2) is 0 Å². The Morgan fingerprint density at radius 1 is 1.26 bits per heavy atom. The zero-order valence-corrected chi connectivity index (χ0v) is 14.1. The zero-order valence-electron chi connectivity index (χ0n) is 14.1. The van der Waals surface area contributed by atoms with E-state index in [9.17, 15) is 0 Å².